The van der Waals surface area contributed by atoms with E-state index in [2.05, 4.69) is 17.6 Å². The van der Waals surface area contributed by atoms with Gasteiger partial charge in [0.15, 0.2) is 0 Å². The van der Waals surface area contributed by atoms with Crippen LogP contribution in [-0.4, -0.2) is 55.5 Å². The molecule has 1 saturated heterocycles. The van der Waals surface area contributed by atoms with Crippen LogP contribution >= 0.6 is 0 Å². The van der Waals surface area contributed by atoms with Gasteiger partial charge in [-0.15, -0.1) is 0 Å². The van der Waals surface area contributed by atoms with Gasteiger partial charge in [-0.05, 0) is 44.0 Å². The summed E-state index contributed by atoms with van der Waals surface area (Å²) in [5, 5.41) is 5.69. The van der Waals surface area contributed by atoms with Crippen LogP contribution in [0.4, 0.5) is 5.69 Å². The minimum Gasteiger partial charge on any atom is -0.382 e. The topological polar surface area (TPSA) is 87.7 Å². The van der Waals surface area contributed by atoms with Crippen LogP contribution in [0.1, 0.15) is 49.9 Å². The number of anilines is 1. The van der Waals surface area contributed by atoms with Gasteiger partial charge in [0.2, 0.25) is 11.8 Å². The monoisotopic (exact) mass is 389 g/mol. The summed E-state index contributed by atoms with van der Waals surface area (Å²) in [5.74, 6) is -0.578. The van der Waals surface area contributed by atoms with E-state index in [-0.39, 0.29) is 30.1 Å². The third-order valence-electron chi connectivity index (χ3n) is 4.74. The molecule has 0 aromatic heterocycles. The molecule has 1 atom stereocenters. The second kappa shape index (κ2) is 11.4. The largest absolute Gasteiger partial charge is 0.382 e. The molecule has 1 aliphatic rings. The number of nitrogens with one attached hydrogen (secondary N) is 2. The average molecular weight is 389 g/mol. The van der Waals surface area contributed by atoms with Crippen LogP contribution in [0, 0.1) is 5.92 Å². The first-order chi connectivity index (χ1) is 13.5. The summed E-state index contributed by atoms with van der Waals surface area (Å²) in [6, 6.07) is 6.78. The van der Waals surface area contributed by atoms with Crippen LogP contribution < -0.4 is 10.6 Å². The molecule has 0 spiro atoms. The molecule has 0 radical (unpaired) electrons. The van der Waals surface area contributed by atoms with Gasteiger partial charge in [0.1, 0.15) is 0 Å². The summed E-state index contributed by atoms with van der Waals surface area (Å²) >= 11 is 0. The number of unbranched alkanes of at least 4 members (excludes halogenated alkanes) is 1. The molecule has 1 aliphatic heterocycles. The lowest BCUT2D eigenvalue weighted by Crippen LogP contribution is -2.29. The standard InChI is InChI=1S/C21H31N3O4/c1-3-5-12-24-15-17(14-19(24)25)21(27)23-18-9-7-16(8-10-18)20(26)22-11-6-13-28-4-2/h7-10,17H,3-6,11-15H2,1-2H3,(H,22,26)(H,23,27). The highest BCUT2D eigenvalue weighted by Gasteiger charge is 2.33. The Bertz CT molecular complexity index is 660. The molecule has 1 aromatic rings. The third-order valence-corrected chi connectivity index (χ3v) is 4.74. The molecule has 0 bridgehead atoms. The van der Waals surface area contributed by atoms with Gasteiger partial charge in [-0.25, -0.2) is 0 Å². The van der Waals surface area contributed by atoms with Gasteiger partial charge in [-0.2, -0.15) is 0 Å². The summed E-state index contributed by atoms with van der Waals surface area (Å²) in [4.78, 5) is 38.3. The number of rotatable bonds is 11. The lowest BCUT2D eigenvalue weighted by atomic mass is 10.1. The Hall–Kier alpha value is -2.41. The van der Waals surface area contributed by atoms with Crippen molar-refractivity contribution >= 4 is 23.4 Å². The summed E-state index contributed by atoms with van der Waals surface area (Å²) < 4.78 is 5.23. The van der Waals surface area contributed by atoms with Gasteiger partial charge in [0.05, 0.1) is 5.92 Å². The number of hydrogen-bond donors (Lipinski definition) is 2. The summed E-state index contributed by atoms with van der Waals surface area (Å²) in [5.41, 5.74) is 1.16. The van der Waals surface area contributed by atoms with Crippen molar-refractivity contribution in [2.75, 3.05) is 38.2 Å². The molecule has 1 aromatic carbocycles. The maximum Gasteiger partial charge on any atom is 0.251 e. The average Bonchev–Trinajstić information content (AvgIpc) is 3.07. The summed E-state index contributed by atoms with van der Waals surface area (Å²) in [6.45, 7) is 7.07. The highest BCUT2D eigenvalue weighted by Crippen LogP contribution is 2.20. The number of nitrogens with zero attached hydrogens (tertiary/aromatic N) is 1. The van der Waals surface area contributed by atoms with Crippen molar-refractivity contribution in [1.29, 1.82) is 0 Å². The quantitative estimate of drug-likeness (QED) is 0.569. The molecule has 1 heterocycles. The molecular weight excluding hydrogens is 358 g/mol. The molecule has 28 heavy (non-hydrogen) atoms. The summed E-state index contributed by atoms with van der Waals surface area (Å²) in [7, 11) is 0. The molecule has 0 saturated carbocycles. The minimum atomic E-state index is -0.322. The van der Waals surface area contributed by atoms with Gasteiger partial charge in [0, 0.05) is 50.5 Å². The number of likely N-dealkylation sites (tertiary alicyclic amines) is 1. The molecule has 1 fully saturated rings. The number of hydrogen-bond acceptors (Lipinski definition) is 4. The molecule has 2 rings (SSSR count). The van der Waals surface area contributed by atoms with Crippen molar-refractivity contribution in [1.82, 2.24) is 10.2 Å². The molecule has 7 nitrogen and oxygen atoms in total. The molecule has 1 unspecified atom stereocenters. The van der Waals surface area contributed by atoms with Crippen molar-refractivity contribution in [3.05, 3.63) is 29.8 Å². The Morgan fingerprint density at radius 2 is 1.93 bits per heavy atom. The van der Waals surface area contributed by atoms with Crippen molar-refractivity contribution in [2.45, 2.75) is 39.5 Å². The Kier molecular flexibility index (Phi) is 8.94. The van der Waals surface area contributed by atoms with Gasteiger partial charge in [-0.1, -0.05) is 13.3 Å². The van der Waals surface area contributed by atoms with Crippen molar-refractivity contribution in [3.8, 4) is 0 Å². The van der Waals surface area contributed by atoms with Gasteiger partial charge in [0.25, 0.3) is 5.91 Å². The molecule has 7 heteroatoms. The van der Waals surface area contributed by atoms with E-state index in [1.165, 1.54) is 0 Å². The van der Waals surface area contributed by atoms with E-state index in [0.717, 1.165) is 19.3 Å². The van der Waals surface area contributed by atoms with E-state index in [1.807, 2.05) is 6.92 Å². The minimum absolute atomic E-state index is 0.0463. The second-order valence-electron chi connectivity index (χ2n) is 6.97. The zero-order valence-corrected chi connectivity index (χ0v) is 16.8. The Morgan fingerprint density at radius 3 is 2.61 bits per heavy atom. The van der Waals surface area contributed by atoms with Crippen LogP contribution in [0.5, 0.6) is 0 Å². The van der Waals surface area contributed by atoms with Gasteiger partial charge < -0.3 is 20.3 Å². The van der Waals surface area contributed by atoms with Crippen LogP contribution in [-0.2, 0) is 14.3 Å². The maximum atomic E-state index is 12.4. The Morgan fingerprint density at radius 1 is 1.18 bits per heavy atom. The molecule has 2 N–H and O–H groups in total. The van der Waals surface area contributed by atoms with Crippen LogP contribution in [0.2, 0.25) is 0 Å². The van der Waals surface area contributed by atoms with Gasteiger partial charge in [-0.3, -0.25) is 14.4 Å². The van der Waals surface area contributed by atoms with Crippen LogP contribution in [0.25, 0.3) is 0 Å². The van der Waals surface area contributed by atoms with Crippen LogP contribution in [0.3, 0.4) is 0 Å². The second-order valence-corrected chi connectivity index (χ2v) is 6.97. The maximum absolute atomic E-state index is 12.4. The number of carbonyl (C=O) groups is 3. The predicted molar refractivity (Wildman–Crippen MR) is 108 cm³/mol. The summed E-state index contributed by atoms with van der Waals surface area (Å²) in [6.07, 6.45) is 3.00. The van der Waals surface area contributed by atoms with Crippen molar-refractivity contribution in [3.63, 3.8) is 0 Å². The number of benzene rings is 1. The fourth-order valence-electron chi connectivity index (χ4n) is 3.08. The van der Waals surface area contributed by atoms with E-state index in [0.29, 0.717) is 44.1 Å². The molecule has 0 aliphatic carbocycles. The third kappa shape index (κ3) is 6.64. The zero-order chi connectivity index (χ0) is 20.4. The van der Waals surface area contributed by atoms with E-state index in [4.69, 9.17) is 4.74 Å². The number of amides is 3. The number of carbonyl (C=O) groups excluding carboxylic acids is 3. The van der Waals surface area contributed by atoms with E-state index in [9.17, 15) is 14.4 Å². The van der Waals surface area contributed by atoms with Crippen LogP contribution in [0.15, 0.2) is 24.3 Å². The first-order valence-electron chi connectivity index (χ1n) is 10.1. The van der Waals surface area contributed by atoms with E-state index in [1.54, 1.807) is 29.2 Å². The Labute approximate surface area is 166 Å². The fourth-order valence-corrected chi connectivity index (χ4v) is 3.08. The normalized spacial score (nSPS) is 16.3. The van der Waals surface area contributed by atoms with Crippen molar-refractivity contribution in [2.24, 2.45) is 5.92 Å². The molecular formula is C21H31N3O4. The Balaban J connectivity index is 1.79. The lowest BCUT2D eigenvalue weighted by Gasteiger charge is -2.16. The first-order valence-corrected chi connectivity index (χ1v) is 10.1. The SMILES string of the molecule is CCCCN1CC(C(=O)Nc2ccc(C(=O)NCCCOCC)cc2)CC1=O. The zero-order valence-electron chi connectivity index (χ0n) is 16.8. The lowest BCUT2D eigenvalue weighted by molar-refractivity contribution is -0.128. The number of ether oxygens (including phenoxy) is 1. The molecule has 3 amide bonds. The predicted octanol–water partition coefficient (Wildman–Crippen LogP) is 2.43. The van der Waals surface area contributed by atoms with E-state index < -0.39 is 0 Å². The van der Waals surface area contributed by atoms with E-state index >= 15 is 0 Å². The van der Waals surface area contributed by atoms with Gasteiger partial charge >= 0.3 is 0 Å². The first kappa shape index (κ1) is 21.9. The fraction of sp³-hybridized carbons (Fsp3) is 0.571. The smallest absolute Gasteiger partial charge is 0.251 e. The van der Waals surface area contributed by atoms with Crippen molar-refractivity contribution < 1.29 is 19.1 Å². The molecule has 154 valence electrons. The highest BCUT2D eigenvalue weighted by molar-refractivity contribution is 5.98. The highest BCUT2D eigenvalue weighted by atomic mass is 16.5.